The van der Waals surface area contributed by atoms with Gasteiger partial charge in [0.2, 0.25) is 0 Å². The Hall–Kier alpha value is -2.63. The zero-order valence-electron chi connectivity index (χ0n) is 18.9. The number of aromatic nitrogens is 3. The quantitative estimate of drug-likeness (QED) is 0.498. The lowest BCUT2D eigenvalue weighted by molar-refractivity contribution is 0.189. The van der Waals surface area contributed by atoms with E-state index in [1.165, 1.54) is 16.7 Å². The molecule has 1 aromatic heterocycles. The van der Waals surface area contributed by atoms with Crippen molar-refractivity contribution in [1.82, 2.24) is 19.9 Å². The zero-order chi connectivity index (χ0) is 22.2. The number of rotatable bonds is 3. The van der Waals surface area contributed by atoms with Gasteiger partial charge in [-0.2, -0.15) is 0 Å². The number of aryl methyl sites for hydroxylation is 2. The van der Waals surface area contributed by atoms with Crippen LogP contribution < -0.4 is 4.74 Å². The summed E-state index contributed by atoms with van der Waals surface area (Å²) in [5.41, 5.74) is 7.08. The molecule has 2 aliphatic heterocycles. The standard InChI is InChI=1S/C26H29ClN4O/c1-17-7-8-19(11-13-30(17)3)20-9-10-23-24(15-20)25(32-22-6-4-5-21(27)16-22)12-14-31-26(23)18(2)28-29-31/h4-6,9-11,15-17,25H,7-8,12-14H2,1-3H3. The summed E-state index contributed by atoms with van der Waals surface area (Å²) in [6, 6.07) is 15.0. The Bertz CT molecular complexity index is 1170. The molecular formula is C26H29ClN4O. The molecule has 2 atom stereocenters. The van der Waals surface area contributed by atoms with Crippen LogP contribution in [0.15, 0.2) is 48.5 Å². The molecule has 0 aliphatic carbocycles. The number of benzene rings is 2. The van der Waals surface area contributed by atoms with Crippen LogP contribution in [0.5, 0.6) is 5.75 Å². The summed E-state index contributed by atoms with van der Waals surface area (Å²) in [5.74, 6) is 0.789. The maximum absolute atomic E-state index is 6.51. The van der Waals surface area contributed by atoms with Crippen LogP contribution in [0.3, 0.4) is 0 Å². The fourth-order valence-electron chi connectivity index (χ4n) is 4.74. The third kappa shape index (κ3) is 4.07. The van der Waals surface area contributed by atoms with Gasteiger partial charge in [0.05, 0.1) is 11.4 Å². The monoisotopic (exact) mass is 448 g/mol. The van der Waals surface area contributed by atoms with Crippen molar-refractivity contribution in [2.75, 3.05) is 13.6 Å². The van der Waals surface area contributed by atoms with Gasteiger partial charge in [-0.05, 0) is 69.1 Å². The molecule has 0 saturated carbocycles. The Balaban J connectivity index is 1.57. The van der Waals surface area contributed by atoms with Gasteiger partial charge in [0.1, 0.15) is 11.9 Å². The lowest BCUT2D eigenvalue weighted by atomic mass is 9.92. The summed E-state index contributed by atoms with van der Waals surface area (Å²) in [4.78, 5) is 2.41. The Morgan fingerprint density at radius 3 is 2.84 bits per heavy atom. The van der Waals surface area contributed by atoms with Gasteiger partial charge in [-0.1, -0.05) is 41.1 Å². The van der Waals surface area contributed by atoms with Gasteiger partial charge in [-0.15, -0.1) is 5.10 Å². The first-order valence-electron chi connectivity index (χ1n) is 11.4. The molecular weight excluding hydrogens is 420 g/mol. The number of allylic oxidation sites excluding steroid dienone is 1. The predicted octanol–water partition coefficient (Wildman–Crippen LogP) is 5.93. The maximum Gasteiger partial charge on any atom is 0.126 e. The van der Waals surface area contributed by atoms with Crippen LogP contribution in [0.4, 0.5) is 0 Å². The summed E-state index contributed by atoms with van der Waals surface area (Å²) in [7, 11) is 2.20. The Morgan fingerprint density at radius 1 is 1.12 bits per heavy atom. The van der Waals surface area contributed by atoms with Crippen LogP contribution in [0.2, 0.25) is 5.02 Å². The highest BCUT2D eigenvalue weighted by atomic mass is 35.5. The van der Waals surface area contributed by atoms with E-state index in [0.717, 1.165) is 55.1 Å². The molecule has 6 heteroatoms. The van der Waals surface area contributed by atoms with Crippen molar-refractivity contribution in [3.05, 3.63) is 70.4 Å². The molecule has 3 aromatic rings. The van der Waals surface area contributed by atoms with Crippen molar-refractivity contribution in [1.29, 1.82) is 0 Å². The average molecular weight is 449 g/mol. The maximum atomic E-state index is 6.51. The molecule has 0 saturated heterocycles. The van der Waals surface area contributed by atoms with Gasteiger partial charge in [-0.3, -0.25) is 0 Å². The summed E-state index contributed by atoms with van der Waals surface area (Å²) >= 11 is 6.22. The minimum atomic E-state index is -0.0857. The van der Waals surface area contributed by atoms with Crippen molar-refractivity contribution in [3.63, 3.8) is 0 Å². The highest BCUT2D eigenvalue weighted by Gasteiger charge is 2.27. The second kappa shape index (κ2) is 8.72. The van der Waals surface area contributed by atoms with E-state index < -0.39 is 0 Å². The smallest absolute Gasteiger partial charge is 0.126 e. The minimum Gasteiger partial charge on any atom is -0.486 e. The number of fused-ring (bicyclic) bond motifs is 3. The molecule has 0 radical (unpaired) electrons. The van der Waals surface area contributed by atoms with Gasteiger partial charge >= 0.3 is 0 Å². The summed E-state index contributed by atoms with van der Waals surface area (Å²) in [5, 5.41) is 9.40. The molecule has 2 unspecified atom stereocenters. The van der Waals surface area contributed by atoms with Crippen LogP contribution in [0.25, 0.3) is 16.8 Å². The minimum absolute atomic E-state index is 0.0857. The van der Waals surface area contributed by atoms with Crippen molar-refractivity contribution in [2.24, 2.45) is 0 Å². The lowest BCUT2D eigenvalue weighted by Gasteiger charge is -2.21. The van der Waals surface area contributed by atoms with Crippen LogP contribution >= 0.6 is 11.6 Å². The van der Waals surface area contributed by atoms with Crippen LogP contribution in [-0.2, 0) is 6.54 Å². The molecule has 0 amide bonds. The lowest BCUT2D eigenvalue weighted by Crippen LogP contribution is -2.27. The van der Waals surface area contributed by atoms with Gasteiger partial charge in [0.15, 0.2) is 0 Å². The van der Waals surface area contributed by atoms with Crippen molar-refractivity contribution in [3.8, 4) is 17.0 Å². The Labute approximate surface area is 194 Å². The number of hydrogen-bond acceptors (Lipinski definition) is 4. The van der Waals surface area contributed by atoms with Crippen LogP contribution in [0.1, 0.15) is 49.1 Å². The fourth-order valence-corrected chi connectivity index (χ4v) is 4.92. The molecule has 3 heterocycles. The number of ether oxygens (including phenoxy) is 1. The van der Waals surface area contributed by atoms with Crippen molar-refractivity contribution < 1.29 is 4.74 Å². The molecule has 32 heavy (non-hydrogen) atoms. The van der Waals surface area contributed by atoms with Crippen LogP contribution in [-0.4, -0.2) is 39.5 Å². The predicted molar refractivity (Wildman–Crippen MR) is 129 cm³/mol. The average Bonchev–Trinajstić information content (AvgIpc) is 2.96. The number of nitrogens with zero attached hydrogens (tertiary/aromatic N) is 4. The summed E-state index contributed by atoms with van der Waals surface area (Å²) in [6.07, 6.45) is 5.36. The Morgan fingerprint density at radius 2 is 2.00 bits per heavy atom. The SMILES string of the molecule is Cc1nnn2c1-c1ccc(C3=CCN(C)C(C)CC3)cc1C(Oc1cccc(Cl)c1)CC2. The van der Waals surface area contributed by atoms with Crippen molar-refractivity contribution in [2.45, 2.75) is 51.8 Å². The van der Waals surface area contributed by atoms with Crippen molar-refractivity contribution >= 4 is 17.2 Å². The van der Waals surface area contributed by atoms with E-state index in [9.17, 15) is 0 Å². The molecule has 0 bridgehead atoms. The first kappa shape index (κ1) is 21.2. The molecule has 0 spiro atoms. The highest BCUT2D eigenvalue weighted by molar-refractivity contribution is 6.30. The van der Waals surface area contributed by atoms with E-state index in [4.69, 9.17) is 16.3 Å². The van der Waals surface area contributed by atoms with Gasteiger partial charge in [0, 0.05) is 41.7 Å². The molecule has 5 nitrogen and oxygen atoms in total. The van der Waals surface area contributed by atoms with Gasteiger partial charge in [-0.25, -0.2) is 4.68 Å². The molecule has 0 fully saturated rings. The van der Waals surface area contributed by atoms with E-state index in [1.807, 2.05) is 35.9 Å². The Kier molecular flexibility index (Phi) is 5.78. The second-order valence-corrected chi connectivity index (χ2v) is 9.39. The highest BCUT2D eigenvalue weighted by Crippen LogP contribution is 2.40. The summed E-state index contributed by atoms with van der Waals surface area (Å²) < 4.78 is 8.52. The van der Waals surface area contributed by atoms with E-state index in [2.05, 4.69) is 53.5 Å². The first-order valence-corrected chi connectivity index (χ1v) is 11.7. The molecule has 0 N–H and O–H groups in total. The molecule has 2 aliphatic rings. The third-order valence-electron chi connectivity index (χ3n) is 6.81. The fraction of sp³-hybridized carbons (Fsp3) is 0.385. The molecule has 166 valence electrons. The van der Waals surface area contributed by atoms with E-state index in [-0.39, 0.29) is 6.10 Å². The van der Waals surface area contributed by atoms with Gasteiger partial charge in [0.25, 0.3) is 0 Å². The van der Waals surface area contributed by atoms with E-state index >= 15 is 0 Å². The molecule has 5 rings (SSSR count). The van der Waals surface area contributed by atoms with Gasteiger partial charge < -0.3 is 9.64 Å². The number of likely N-dealkylation sites (N-methyl/N-ethyl adjacent to an activating group) is 1. The van der Waals surface area contributed by atoms with E-state index in [0.29, 0.717) is 11.1 Å². The second-order valence-electron chi connectivity index (χ2n) is 8.96. The number of halogens is 1. The third-order valence-corrected chi connectivity index (χ3v) is 7.05. The summed E-state index contributed by atoms with van der Waals surface area (Å²) in [6.45, 7) is 6.07. The van der Waals surface area contributed by atoms with E-state index in [1.54, 1.807) is 0 Å². The zero-order valence-corrected chi connectivity index (χ0v) is 19.6. The topological polar surface area (TPSA) is 43.2 Å². The van der Waals surface area contributed by atoms with Crippen LogP contribution in [0, 0.1) is 6.92 Å². The normalized spacial score (nSPS) is 21.2. The first-order chi connectivity index (χ1) is 15.5. The number of hydrogen-bond donors (Lipinski definition) is 0. The molecule has 2 aromatic carbocycles. The largest absolute Gasteiger partial charge is 0.486 e.